The van der Waals surface area contributed by atoms with Crippen molar-refractivity contribution >= 4 is 35.1 Å². The molecule has 1 heterocycles. The van der Waals surface area contributed by atoms with Gasteiger partial charge in [-0.05, 0) is 61.9 Å². The van der Waals surface area contributed by atoms with Crippen molar-refractivity contribution in [3.8, 4) is 0 Å². The van der Waals surface area contributed by atoms with Crippen LogP contribution in [0.15, 0.2) is 52.3 Å². The van der Waals surface area contributed by atoms with E-state index in [1.807, 2.05) is 24.5 Å². The number of hydrogen-bond donors (Lipinski definition) is 0. The fourth-order valence-electron chi connectivity index (χ4n) is 3.23. The highest BCUT2D eigenvalue weighted by Crippen LogP contribution is 2.47. The maximum Gasteiger partial charge on any atom is 0.416 e. The summed E-state index contributed by atoms with van der Waals surface area (Å²) in [5.41, 5.74) is 0.476. The molecule has 0 N–H and O–H groups in total. The molecule has 0 saturated carbocycles. The molecule has 0 aromatic heterocycles. The number of ether oxygens (including phenoxy) is 1. The predicted molar refractivity (Wildman–Crippen MR) is 107 cm³/mol. The van der Waals surface area contributed by atoms with E-state index < -0.39 is 11.7 Å². The van der Waals surface area contributed by atoms with Crippen molar-refractivity contribution < 1.29 is 17.9 Å². The summed E-state index contributed by atoms with van der Waals surface area (Å²) >= 11 is 9.21. The normalized spacial score (nSPS) is 23.4. The summed E-state index contributed by atoms with van der Waals surface area (Å²) in [4.78, 5) is 1.70. The van der Waals surface area contributed by atoms with Gasteiger partial charge in [0.25, 0.3) is 0 Å². The van der Waals surface area contributed by atoms with Gasteiger partial charge in [0.1, 0.15) is 0 Å². The van der Waals surface area contributed by atoms with Crippen molar-refractivity contribution in [2.45, 2.75) is 46.6 Å². The molecule has 1 saturated heterocycles. The van der Waals surface area contributed by atoms with Gasteiger partial charge >= 0.3 is 6.18 Å². The summed E-state index contributed by atoms with van der Waals surface area (Å²) in [5.74, 6) is 0. The maximum atomic E-state index is 13.0. The number of rotatable bonds is 4. The molecule has 0 radical (unpaired) electrons. The zero-order chi connectivity index (χ0) is 19.7. The van der Waals surface area contributed by atoms with Gasteiger partial charge in [-0.3, -0.25) is 0 Å². The van der Waals surface area contributed by atoms with Crippen molar-refractivity contribution in [3.05, 3.63) is 58.6 Å². The molecular formula is C20H20ClF3OS2. The van der Waals surface area contributed by atoms with Gasteiger partial charge in [0.15, 0.2) is 0 Å². The van der Waals surface area contributed by atoms with Gasteiger partial charge in [0, 0.05) is 26.2 Å². The molecule has 2 unspecified atom stereocenters. The van der Waals surface area contributed by atoms with Crippen LogP contribution in [0.4, 0.5) is 13.2 Å². The molecule has 0 aliphatic carbocycles. The van der Waals surface area contributed by atoms with Crippen LogP contribution in [0.2, 0.25) is 5.02 Å². The summed E-state index contributed by atoms with van der Waals surface area (Å²) in [6.45, 7) is 2.67. The molecule has 3 rings (SSSR count). The van der Waals surface area contributed by atoms with E-state index in [-0.39, 0.29) is 10.9 Å². The fraction of sp³-hybridized carbons (Fsp3) is 0.400. The molecule has 0 amide bonds. The van der Waals surface area contributed by atoms with Crippen molar-refractivity contribution in [2.75, 3.05) is 12.9 Å². The molecule has 1 aliphatic heterocycles. The lowest BCUT2D eigenvalue weighted by atomic mass is 9.92. The van der Waals surface area contributed by atoms with Crippen LogP contribution in [0, 0.1) is 0 Å². The van der Waals surface area contributed by atoms with Crippen LogP contribution in [0.25, 0.3) is 0 Å². The van der Waals surface area contributed by atoms with Crippen molar-refractivity contribution in [1.82, 2.24) is 0 Å². The van der Waals surface area contributed by atoms with Crippen molar-refractivity contribution in [3.63, 3.8) is 0 Å². The van der Waals surface area contributed by atoms with E-state index in [0.29, 0.717) is 16.5 Å². The highest BCUT2D eigenvalue weighted by atomic mass is 35.5. The molecule has 1 nitrogen and oxygen atoms in total. The Morgan fingerprint density at radius 1 is 1.19 bits per heavy atom. The van der Waals surface area contributed by atoms with Crippen LogP contribution in [0.5, 0.6) is 0 Å². The first-order chi connectivity index (χ1) is 12.7. The van der Waals surface area contributed by atoms with Crippen LogP contribution >= 0.6 is 35.1 Å². The highest BCUT2D eigenvalue weighted by Gasteiger charge is 2.36. The third-order valence-electron chi connectivity index (χ3n) is 4.64. The lowest BCUT2D eigenvalue weighted by molar-refractivity contribution is -0.137. The lowest BCUT2D eigenvalue weighted by Gasteiger charge is -2.38. The second-order valence-corrected chi connectivity index (χ2v) is 9.72. The second kappa shape index (κ2) is 8.27. The number of halogens is 4. The molecule has 1 fully saturated rings. The smallest absolute Gasteiger partial charge is 0.373 e. The van der Waals surface area contributed by atoms with E-state index in [4.69, 9.17) is 16.3 Å². The average molecular weight is 433 g/mol. The Balaban J connectivity index is 1.81. The summed E-state index contributed by atoms with van der Waals surface area (Å²) < 4.78 is 44.8. The van der Waals surface area contributed by atoms with Gasteiger partial charge in [0.2, 0.25) is 0 Å². The average Bonchev–Trinajstić information content (AvgIpc) is 2.60. The van der Waals surface area contributed by atoms with Gasteiger partial charge in [-0.15, -0.1) is 23.5 Å². The Kier molecular flexibility index (Phi) is 6.41. The Labute approximate surface area is 171 Å². The standard InChI is InChI=1S/C20H20ClF3OS2/c1-19(27-15-5-3-4-13(10-15)20(22,23)24)8-9-25-17(12-19)16-7-6-14(21)11-18(16)26-2/h3-7,10-11,17H,8-9,12H2,1-2H3. The zero-order valence-corrected chi connectivity index (χ0v) is 17.4. The van der Waals surface area contributed by atoms with Gasteiger partial charge in [-0.2, -0.15) is 13.2 Å². The van der Waals surface area contributed by atoms with Crippen LogP contribution in [0.3, 0.4) is 0 Å². The summed E-state index contributed by atoms with van der Waals surface area (Å²) in [7, 11) is 0. The number of thioether (sulfide) groups is 2. The number of hydrogen-bond acceptors (Lipinski definition) is 3. The SMILES string of the molecule is CSc1cc(Cl)ccc1C1CC(C)(Sc2cccc(C(F)(F)F)c2)CCO1. The van der Waals surface area contributed by atoms with E-state index in [1.54, 1.807) is 17.8 Å². The first-order valence-electron chi connectivity index (χ1n) is 8.51. The van der Waals surface area contributed by atoms with Crippen LogP contribution in [-0.2, 0) is 10.9 Å². The summed E-state index contributed by atoms with van der Waals surface area (Å²) in [6.07, 6.45) is -0.918. The maximum absolute atomic E-state index is 13.0. The second-order valence-electron chi connectivity index (χ2n) is 6.78. The molecule has 0 bridgehead atoms. The Morgan fingerprint density at radius 2 is 1.96 bits per heavy atom. The topological polar surface area (TPSA) is 9.23 Å². The van der Waals surface area contributed by atoms with Gasteiger partial charge in [0.05, 0.1) is 11.7 Å². The number of alkyl halides is 3. The van der Waals surface area contributed by atoms with Crippen LogP contribution < -0.4 is 0 Å². The molecular weight excluding hydrogens is 413 g/mol. The van der Waals surface area contributed by atoms with Gasteiger partial charge in [-0.25, -0.2) is 0 Å². The van der Waals surface area contributed by atoms with E-state index in [0.717, 1.165) is 29.4 Å². The number of benzene rings is 2. The van der Waals surface area contributed by atoms with Gasteiger partial charge in [-0.1, -0.05) is 23.7 Å². The molecule has 0 spiro atoms. The highest BCUT2D eigenvalue weighted by molar-refractivity contribution is 8.00. The Morgan fingerprint density at radius 3 is 2.67 bits per heavy atom. The Hall–Kier alpha value is -0.820. The first kappa shape index (κ1) is 20.9. The fourth-order valence-corrected chi connectivity index (χ4v) is 5.47. The first-order valence-corrected chi connectivity index (χ1v) is 10.9. The third-order valence-corrected chi connectivity index (χ3v) is 7.02. The van der Waals surface area contributed by atoms with Gasteiger partial charge < -0.3 is 4.74 Å². The van der Waals surface area contributed by atoms with E-state index in [1.165, 1.54) is 23.9 Å². The summed E-state index contributed by atoms with van der Waals surface area (Å²) in [5, 5.41) is 0.681. The van der Waals surface area contributed by atoms with Crippen molar-refractivity contribution in [1.29, 1.82) is 0 Å². The molecule has 2 atom stereocenters. The van der Waals surface area contributed by atoms with Crippen LogP contribution in [0.1, 0.15) is 37.0 Å². The molecule has 146 valence electrons. The molecule has 2 aromatic rings. The quantitative estimate of drug-likeness (QED) is 0.463. The monoisotopic (exact) mass is 432 g/mol. The van der Waals surface area contributed by atoms with Crippen LogP contribution in [-0.4, -0.2) is 17.6 Å². The Bertz CT molecular complexity index is 812. The van der Waals surface area contributed by atoms with Crippen molar-refractivity contribution in [2.24, 2.45) is 0 Å². The summed E-state index contributed by atoms with van der Waals surface area (Å²) in [6, 6.07) is 11.3. The predicted octanol–water partition coefficient (Wildman–Crippen LogP) is 7.48. The lowest BCUT2D eigenvalue weighted by Crippen LogP contribution is -2.32. The largest absolute Gasteiger partial charge is 0.416 e. The van der Waals surface area contributed by atoms with E-state index in [9.17, 15) is 13.2 Å². The van der Waals surface area contributed by atoms with E-state index in [2.05, 4.69) is 6.92 Å². The minimum absolute atomic E-state index is 0.0956. The van der Waals surface area contributed by atoms with E-state index >= 15 is 0 Å². The zero-order valence-electron chi connectivity index (χ0n) is 15.0. The molecule has 27 heavy (non-hydrogen) atoms. The molecule has 7 heteroatoms. The third kappa shape index (κ3) is 5.17. The molecule has 2 aromatic carbocycles. The molecule has 1 aliphatic rings. The minimum atomic E-state index is -4.33. The minimum Gasteiger partial charge on any atom is -0.373 e.